The molecule has 0 atom stereocenters. The number of benzene rings is 2. The zero-order valence-corrected chi connectivity index (χ0v) is 9.81. The first-order chi connectivity index (χ1) is 7.86. The van der Waals surface area contributed by atoms with Crippen LogP contribution in [0.1, 0.15) is 0 Å². The van der Waals surface area contributed by atoms with Crippen LogP contribution in [0.25, 0.3) is 10.8 Å². The molecule has 16 heavy (non-hydrogen) atoms. The normalized spacial score (nSPS) is 9.25. The molecule has 4 heteroatoms. The van der Waals surface area contributed by atoms with E-state index in [0.717, 1.165) is 10.8 Å². The van der Waals surface area contributed by atoms with Gasteiger partial charge in [0.25, 0.3) is 0 Å². The number of hydrogen-bond donors (Lipinski definition) is 0. The Morgan fingerprint density at radius 3 is 2.38 bits per heavy atom. The van der Waals surface area contributed by atoms with E-state index < -0.39 is 0 Å². The summed E-state index contributed by atoms with van der Waals surface area (Å²) >= 11 is 9.23. The summed E-state index contributed by atoms with van der Waals surface area (Å²) < 4.78 is 0. The van der Waals surface area contributed by atoms with Crippen LogP contribution in [0.5, 0.6) is 0 Å². The van der Waals surface area contributed by atoms with Gasteiger partial charge in [-0.1, -0.05) is 30.3 Å². The molecule has 0 N–H and O–H groups in total. The van der Waals surface area contributed by atoms with Crippen LogP contribution in [-0.2, 0) is 0 Å². The fourth-order valence-corrected chi connectivity index (χ4v) is 1.74. The van der Waals surface area contributed by atoms with Gasteiger partial charge in [0.2, 0.25) is 0 Å². The van der Waals surface area contributed by atoms with Crippen molar-refractivity contribution in [2.24, 2.45) is 9.98 Å². The van der Waals surface area contributed by atoms with E-state index in [0.29, 0.717) is 11.4 Å². The third-order valence-electron chi connectivity index (χ3n) is 2.20. The van der Waals surface area contributed by atoms with Gasteiger partial charge in [-0.3, -0.25) is 0 Å². The highest BCUT2D eigenvalue weighted by Gasteiger charge is 2.04. The number of thiocarbonyl (C=S) groups is 2. The second-order valence-electron chi connectivity index (χ2n) is 3.06. The van der Waals surface area contributed by atoms with Crippen molar-refractivity contribution in [3.05, 3.63) is 36.4 Å². The lowest BCUT2D eigenvalue weighted by Gasteiger charge is -2.03. The van der Waals surface area contributed by atoms with E-state index in [9.17, 15) is 0 Å². The van der Waals surface area contributed by atoms with Gasteiger partial charge in [0.15, 0.2) is 0 Å². The molecule has 0 radical (unpaired) electrons. The van der Waals surface area contributed by atoms with Crippen molar-refractivity contribution < 1.29 is 0 Å². The van der Waals surface area contributed by atoms with Gasteiger partial charge in [-0.05, 0) is 35.9 Å². The number of fused-ring (bicyclic) bond motifs is 1. The van der Waals surface area contributed by atoms with Crippen molar-refractivity contribution in [1.82, 2.24) is 0 Å². The smallest absolute Gasteiger partial charge is 0.108 e. The third kappa shape index (κ3) is 1.96. The van der Waals surface area contributed by atoms with Crippen LogP contribution >= 0.6 is 24.4 Å². The molecule has 2 nitrogen and oxygen atoms in total. The van der Waals surface area contributed by atoms with Crippen LogP contribution in [0, 0.1) is 0 Å². The minimum Gasteiger partial charge on any atom is -0.192 e. The van der Waals surface area contributed by atoms with E-state index in [1.165, 1.54) is 0 Å². The van der Waals surface area contributed by atoms with Crippen molar-refractivity contribution in [2.45, 2.75) is 0 Å². The second-order valence-corrected chi connectivity index (χ2v) is 3.43. The Balaban J connectivity index is 2.88. The Kier molecular flexibility index (Phi) is 3.30. The highest BCUT2D eigenvalue weighted by molar-refractivity contribution is 7.78. The molecule has 0 saturated heterocycles. The predicted octanol–water partition coefficient (Wildman–Crippen LogP) is 4.31. The van der Waals surface area contributed by atoms with Crippen LogP contribution in [0.3, 0.4) is 0 Å². The number of rotatable bonds is 2. The summed E-state index contributed by atoms with van der Waals surface area (Å²) in [5.41, 5.74) is 1.34. The van der Waals surface area contributed by atoms with Crippen LogP contribution < -0.4 is 0 Å². The number of nitrogens with zero attached hydrogens (tertiary/aromatic N) is 2. The summed E-state index contributed by atoms with van der Waals surface area (Å²) in [4.78, 5) is 8.00. The minimum atomic E-state index is 0.658. The molecule has 0 aromatic heterocycles. The molecular formula is C12H6N2S2. The average molecular weight is 242 g/mol. The largest absolute Gasteiger partial charge is 0.192 e. The van der Waals surface area contributed by atoms with Gasteiger partial charge in [0.1, 0.15) is 11.4 Å². The first kappa shape index (κ1) is 10.8. The molecular weight excluding hydrogens is 236 g/mol. The van der Waals surface area contributed by atoms with Crippen LogP contribution in [0.2, 0.25) is 0 Å². The van der Waals surface area contributed by atoms with E-state index in [2.05, 4.69) is 44.7 Å². The quantitative estimate of drug-likeness (QED) is 0.579. The van der Waals surface area contributed by atoms with Crippen LogP contribution in [0.15, 0.2) is 46.4 Å². The van der Waals surface area contributed by atoms with Gasteiger partial charge < -0.3 is 0 Å². The molecule has 2 rings (SSSR count). The lowest BCUT2D eigenvalue weighted by atomic mass is 10.1. The molecule has 0 aliphatic heterocycles. The SMILES string of the molecule is S=C=Nc1ccc2ccccc2c1N=C=S. The Morgan fingerprint density at radius 1 is 0.875 bits per heavy atom. The zero-order valence-electron chi connectivity index (χ0n) is 8.18. The summed E-state index contributed by atoms with van der Waals surface area (Å²) in [6.45, 7) is 0. The van der Waals surface area contributed by atoms with Gasteiger partial charge >= 0.3 is 0 Å². The first-order valence-electron chi connectivity index (χ1n) is 4.54. The van der Waals surface area contributed by atoms with E-state index >= 15 is 0 Å². The topological polar surface area (TPSA) is 24.7 Å². The summed E-state index contributed by atoms with van der Waals surface area (Å²) in [6, 6.07) is 11.7. The van der Waals surface area contributed by atoms with Crippen molar-refractivity contribution in [2.75, 3.05) is 0 Å². The van der Waals surface area contributed by atoms with E-state index in [1.807, 2.05) is 36.4 Å². The van der Waals surface area contributed by atoms with Gasteiger partial charge in [0.05, 0.1) is 10.3 Å². The lowest BCUT2D eigenvalue weighted by molar-refractivity contribution is 1.51. The van der Waals surface area contributed by atoms with Gasteiger partial charge in [-0.25, -0.2) is 0 Å². The molecule has 0 amide bonds. The standard InChI is InChI=1S/C12H6N2S2/c15-7-13-11-6-5-9-3-1-2-4-10(9)12(11)14-8-16/h1-6H. The van der Waals surface area contributed by atoms with Gasteiger partial charge in [-0.15, -0.1) is 0 Å². The maximum absolute atomic E-state index is 4.64. The summed E-state index contributed by atoms with van der Waals surface area (Å²) in [5, 5.41) is 6.75. The van der Waals surface area contributed by atoms with E-state index in [4.69, 9.17) is 0 Å². The molecule has 0 unspecified atom stereocenters. The van der Waals surface area contributed by atoms with Crippen LogP contribution in [0.4, 0.5) is 11.4 Å². The number of isothiocyanates is 2. The molecule has 76 valence electrons. The maximum Gasteiger partial charge on any atom is 0.108 e. The van der Waals surface area contributed by atoms with Crippen molar-refractivity contribution in [1.29, 1.82) is 0 Å². The molecule has 0 aliphatic rings. The number of aliphatic imine (C=N–C) groups is 2. The highest BCUT2D eigenvalue weighted by Crippen LogP contribution is 2.35. The van der Waals surface area contributed by atoms with Crippen molar-refractivity contribution >= 4 is 56.9 Å². The monoisotopic (exact) mass is 242 g/mol. The maximum atomic E-state index is 4.64. The summed E-state index contributed by atoms with van der Waals surface area (Å²) in [6.07, 6.45) is 0. The van der Waals surface area contributed by atoms with Crippen LogP contribution in [-0.4, -0.2) is 10.3 Å². The minimum absolute atomic E-state index is 0.658. The Labute approximate surface area is 103 Å². The van der Waals surface area contributed by atoms with Gasteiger partial charge in [-0.2, -0.15) is 9.98 Å². The second kappa shape index (κ2) is 4.88. The molecule has 0 fully saturated rings. The van der Waals surface area contributed by atoms with Crippen molar-refractivity contribution in [3.8, 4) is 0 Å². The Hall–Kier alpha value is -1.70. The van der Waals surface area contributed by atoms with E-state index in [-0.39, 0.29) is 0 Å². The predicted molar refractivity (Wildman–Crippen MR) is 73.3 cm³/mol. The van der Waals surface area contributed by atoms with E-state index in [1.54, 1.807) is 0 Å². The first-order valence-corrected chi connectivity index (χ1v) is 5.36. The third-order valence-corrected chi connectivity index (χ3v) is 2.39. The highest BCUT2D eigenvalue weighted by atomic mass is 32.1. The molecule has 0 aliphatic carbocycles. The lowest BCUT2D eigenvalue weighted by Crippen LogP contribution is -1.74. The summed E-state index contributed by atoms with van der Waals surface area (Å²) in [5.74, 6) is 0. The van der Waals surface area contributed by atoms with Crippen molar-refractivity contribution in [3.63, 3.8) is 0 Å². The fraction of sp³-hybridized carbons (Fsp3) is 0. The molecule has 0 saturated carbocycles. The Bertz CT molecular complexity index is 637. The fourth-order valence-electron chi connectivity index (χ4n) is 1.55. The molecule has 2 aromatic rings. The number of hydrogen-bond acceptors (Lipinski definition) is 4. The average Bonchev–Trinajstić information content (AvgIpc) is 2.32. The molecule has 0 heterocycles. The zero-order chi connectivity index (χ0) is 11.4. The molecule has 0 bridgehead atoms. The molecule has 2 aromatic carbocycles. The Morgan fingerprint density at radius 2 is 1.62 bits per heavy atom. The van der Waals surface area contributed by atoms with Gasteiger partial charge in [0, 0.05) is 5.39 Å². The molecule has 0 spiro atoms. The summed E-state index contributed by atoms with van der Waals surface area (Å²) in [7, 11) is 0.